The summed E-state index contributed by atoms with van der Waals surface area (Å²) in [5.41, 5.74) is 6.99. The third-order valence-corrected chi connectivity index (χ3v) is 5.99. The maximum atomic E-state index is 11.7. The molecule has 39 heavy (non-hydrogen) atoms. The number of nitrogens with one attached hydrogen (secondary N) is 3. The lowest BCUT2D eigenvalue weighted by atomic mass is 10.2. The average molecular weight is 572 g/mol. The largest absolute Gasteiger partial charge is 0.478 e. The van der Waals surface area contributed by atoms with Crippen LogP contribution in [-0.2, 0) is 11.3 Å². The van der Waals surface area contributed by atoms with Gasteiger partial charge in [-0.3, -0.25) is 4.98 Å². The molecule has 0 spiro atoms. The first kappa shape index (κ1) is 28.1. The smallest absolute Gasteiger partial charge is 0.339 e. The molecule has 11 nitrogen and oxygen atoms in total. The van der Waals surface area contributed by atoms with Crippen molar-refractivity contribution in [3.05, 3.63) is 76.0 Å². The molecule has 204 valence electrons. The second-order valence-corrected chi connectivity index (χ2v) is 9.11. The molecule has 0 saturated heterocycles. The highest BCUT2D eigenvalue weighted by molar-refractivity contribution is 6.35. The summed E-state index contributed by atoms with van der Waals surface area (Å²) in [6, 6.07) is 10.3. The Morgan fingerprint density at radius 2 is 1.92 bits per heavy atom. The van der Waals surface area contributed by atoms with Crippen LogP contribution in [0.3, 0.4) is 0 Å². The van der Waals surface area contributed by atoms with Gasteiger partial charge in [-0.25, -0.2) is 14.8 Å². The summed E-state index contributed by atoms with van der Waals surface area (Å²) in [6.45, 7) is 3.75. The first-order chi connectivity index (χ1) is 18.9. The Kier molecular flexibility index (Phi) is 9.55. The molecule has 0 unspecified atom stereocenters. The van der Waals surface area contributed by atoms with Crippen LogP contribution in [0.4, 0.5) is 23.0 Å². The van der Waals surface area contributed by atoms with Gasteiger partial charge < -0.3 is 35.9 Å². The molecule has 0 atom stereocenters. The van der Waals surface area contributed by atoms with Gasteiger partial charge in [0, 0.05) is 36.1 Å². The number of carboxylic acid groups (broad SMARTS) is 1. The summed E-state index contributed by atoms with van der Waals surface area (Å²) in [6.07, 6.45) is 2.76. The number of rotatable bonds is 13. The molecular formula is C26H27Cl2N7O4. The zero-order valence-electron chi connectivity index (χ0n) is 21.0. The average Bonchev–Trinajstić information content (AvgIpc) is 3.38. The van der Waals surface area contributed by atoms with E-state index in [1.807, 2.05) is 12.1 Å². The number of halogens is 2. The molecule has 4 rings (SSSR count). The zero-order valence-corrected chi connectivity index (χ0v) is 22.5. The molecule has 0 fully saturated rings. The number of carboxylic acids is 1. The molecule has 0 aliphatic carbocycles. The highest BCUT2D eigenvalue weighted by Gasteiger charge is 2.18. The van der Waals surface area contributed by atoms with Crippen molar-refractivity contribution in [1.82, 2.24) is 15.0 Å². The number of carbonyl (C=O) groups is 1. The Bertz CT molecular complexity index is 1450. The van der Waals surface area contributed by atoms with Gasteiger partial charge in [-0.1, -0.05) is 23.2 Å². The van der Waals surface area contributed by atoms with Crippen LogP contribution in [0.2, 0.25) is 10.0 Å². The number of pyridine rings is 1. The standard InChI is InChI=1S/C26H27Cl2N7O4/c1-15-33-24(31-9-11-38-10-7-29)23(25(34-15)35-21-6-8-30-14-19(21)26(36)37)32-13-17-3-5-22(39-17)18-12-16(27)2-4-20(18)28/h2-6,8,12,14,32H,7,9-11,13,29H2,1H3,(H,36,37)(H2,30,31,33,34,35). The van der Waals surface area contributed by atoms with Crippen molar-refractivity contribution in [3.8, 4) is 11.3 Å². The molecule has 1 aromatic carbocycles. The number of nitrogens with two attached hydrogens (primary N) is 1. The lowest BCUT2D eigenvalue weighted by molar-refractivity contribution is 0.0697. The minimum atomic E-state index is -1.12. The van der Waals surface area contributed by atoms with Crippen molar-refractivity contribution in [2.45, 2.75) is 13.5 Å². The van der Waals surface area contributed by atoms with Crippen molar-refractivity contribution in [2.75, 3.05) is 42.3 Å². The fourth-order valence-electron chi connectivity index (χ4n) is 3.67. The number of aromatic carboxylic acids is 1. The number of benzene rings is 1. The van der Waals surface area contributed by atoms with Crippen LogP contribution in [0.15, 0.2) is 53.2 Å². The molecular weight excluding hydrogens is 545 g/mol. The van der Waals surface area contributed by atoms with E-state index in [0.29, 0.717) is 82.3 Å². The van der Waals surface area contributed by atoms with Crippen molar-refractivity contribution < 1.29 is 19.1 Å². The molecule has 0 aliphatic rings. The number of hydrogen-bond donors (Lipinski definition) is 5. The predicted octanol–water partition coefficient (Wildman–Crippen LogP) is 5.19. The van der Waals surface area contributed by atoms with E-state index in [1.54, 1.807) is 31.2 Å². The van der Waals surface area contributed by atoms with Crippen molar-refractivity contribution >= 4 is 52.2 Å². The van der Waals surface area contributed by atoms with Gasteiger partial charge in [-0.05, 0) is 43.3 Å². The van der Waals surface area contributed by atoms with Gasteiger partial charge in [0.25, 0.3) is 0 Å². The van der Waals surface area contributed by atoms with Crippen LogP contribution in [0.5, 0.6) is 0 Å². The number of aryl methyl sites for hydroxylation is 1. The number of hydrogen-bond acceptors (Lipinski definition) is 10. The molecule has 4 aromatic rings. The number of ether oxygens (including phenoxy) is 1. The summed E-state index contributed by atoms with van der Waals surface area (Å²) in [5.74, 6) is 1.39. The second-order valence-electron chi connectivity index (χ2n) is 8.27. The van der Waals surface area contributed by atoms with Gasteiger partial charge in [0.15, 0.2) is 11.6 Å². The molecule has 0 bridgehead atoms. The van der Waals surface area contributed by atoms with E-state index in [-0.39, 0.29) is 12.1 Å². The van der Waals surface area contributed by atoms with E-state index in [1.165, 1.54) is 12.4 Å². The number of aromatic nitrogens is 3. The van der Waals surface area contributed by atoms with Gasteiger partial charge in [-0.2, -0.15) is 0 Å². The van der Waals surface area contributed by atoms with Crippen LogP contribution in [0.25, 0.3) is 11.3 Å². The summed E-state index contributed by atoms with van der Waals surface area (Å²) >= 11 is 12.5. The number of nitrogens with zero attached hydrogens (tertiary/aromatic N) is 3. The summed E-state index contributed by atoms with van der Waals surface area (Å²) in [5, 5.41) is 20.3. The van der Waals surface area contributed by atoms with Crippen molar-refractivity contribution in [2.24, 2.45) is 5.73 Å². The highest BCUT2D eigenvalue weighted by atomic mass is 35.5. The lowest BCUT2D eigenvalue weighted by Gasteiger charge is -2.18. The molecule has 6 N–H and O–H groups in total. The fourth-order valence-corrected chi connectivity index (χ4v) is 4.05. The quantitative estimate of drug-likeness (QED) is 0.134. The van der Waals surface area contributed by atoms with Crippen LogP contribution in [0, 0.1) is 6.92 Å². The Morgan fingerprint density at radius 3 is 2.72 bits per heavy atom. The third-order valence-electron chi connectivity index (χ3n) is 5.42. The summed E-state index contributed by atoms with van der Waals surface area (Å²) < 4.78 is 11.5. The van der Waals surface area contributed by atoms with Crippen LogP contribution in [-0.4, -0.2) is 52.3 Å². The number of anilines is 4. The maximum Gasteiger partial charge on any atom is 0.339 e. The van der Waals surface area contributed by atoms with Gasteiger partial charge in [0.1, 0.15) is 28.6 Å². The van der Waals surface area contributed by atoms with E-state index in [4.69, 9.17) is 38.1 Å². The van der Waals surface area contributed by atoms with Gasteiger partial charge in [-0.15, -0.1) is 0 Å². The molecule has 0 radical (unpaired) electrons. The van der Waals surface area contributed by atoms with Gasteiger partial charge in [0.2, 0.25) is 0 Å². The van der Waals surface area contributed by atoms with Crippen LogP contribution >= 0.6 is 23.2 Å². The monoisotopic (exact) mass is 571 g/mol. The minimum absolute atomic E-state index is 0.00140. The SMILES string of the molecule is Cc1nc(NCCOCCN)c(NCc2ccc(-c3cc(Cl)ccc3Cl)o2)c(Nc2ccncc2C(=O)O)n1. The Hall–Kier alpha value is -3.90. The molecule has 0 amide bonds. The van der Waals surface area contributed by atoms with E-state index in [2.05, 4.69) is 30.9 Å². The second kappa shape index (κ2) is 13.3. The van der Waals surface area contributed by atoms with E-state index >= 15 is 0 Å². The van der Waals surface area contributed by atoms with E-state index < -0.39 is 5.97 Å². The summed E-state index contributed by atoms with van der Waals surface area (Å²) in [7, 11) is 0. The van der Waals surface area contributed by atoms with Gasteiger partial charge >= 0.3 is 5.97 Å². The Labute approximate surface area is 234 Å². The Morgan fingerprint density at radius 1 is 1.10 bits per heavy atom. The van der Waals surface area contributed by atoms with E-state index in [9.17, 15) is 9.90 Å². The molecule has 0 saturated carbocycles. The normalized spacial score (nSPS) is 10.9. The highest BCUT2D eigenvalue weighted by Crippen LogP contribution is 2.34. The molecule has 3 aromatic heterocycles. The maximum absolute atomic E-state index is 11.7. The van der Waals surface area contributed by atoms with Crippen LogP contribution < -0.4 is 21.7 Å². The predicted molar refractivity (Wildman–Crippen MR) is 151 cm³/mol. The van der Waals surface area contributed by atoms with E-state index in [0.717, 1.165) is 0 Å². The lowest BCUT2D eigenvalue weighted by Crippen LogP contribution is -2.17. The molecule has 13 heteroatoms. The topological polar surface area (TPSA) is 160 Å². The fraction of sp³-hybridized carbons (Fsp3) is 0.231. The first-order valence-corrected chi connectivity index (χ1v) is 12.7. The van der Waals surface area contributed by atoms with Crippen molar-refractivity contribution in [1.29, 1.82) is 0 Å². The van der Waals surface area contributed by atoms with Crippen LogP contribution in [0.1, 0.15) is 21.9 Å². The Balaban J connectivity index is 1.62. The third kappa shape index (κ3) is 7.36. The zero-order chi connectivity index (χ0) is 27.8. The minimum Gasteiger partial charge on any atom is -0.478 e. The van der Waals surface area contributed by atoms with Gasteiger partial charge in [0.05, 0.1) is 30.5 Å². The first-order valence-electron chi connectivity index (χ1n) is 12.0. The summed E-state index contributed by atoms with van der Waals surface area (Å²) in [4.78, 5) is 24.7. The molecule has 0 aliphatic heterocycles. The molecule has 3 heterocycles. The van der Waals surface area contributed by atoms with Crippen molar-refractivity contribution in [3.63, 3.8) is 0 Å². The number of furan rings is 1.